The van der Waals surface area contributed by atoms with Crippen LogP contribution in [0.3, 0.4) is 0 Å². The Labute approximate surface area is 80.7 Å². The van der Waals surface area contributed by atoms with E-state index < -0.39 is 5.97 Å². The highest BCUT2D eigenvalue weighted by atomic mass is 16.5. The van der Waals surface area contributed by atoms with Crippen LogP contribution in [-0.4, -0.2) is 16.2 Å². The average Bonchev–Trinajstić information content (AvgIpc) is 2.49. The second-order valence-electron chi connectivity index (χ2n) is 3.20. The molecule has 1 unspecified atom stereocenters. The molecule has 1 atom stereocenters. The van der Waals surface area contributed by atoms with E-state index in [0.29, 0.717) is 12.0 Å². The second kappa shape index (κ2) is 2.90. The number of carbonyl (C=O) groups is 1. The van der Waals surface area contributed by atoms with Gasteiger partial charge in [0.25, 0.3) is 0 Å². The van der Waals surface area contributed by atoms with Gasteiger partial charge in [0.1, 0.15) is 11.7 Å². The van der Waals surface area contributed by atoms with Crippen LogP contribution in [0.25, 0.3) is 0 Å². The second-order valence-corrected chi connectivity index (χ2v) is 3.20. The first-order valence-electron chi connectivity index (χ1n) is 4.41. The largest absolute Gasteiger partial charge is 0.504 e. The molecule has 4 nitrogen and oxygen atoms in total. The number of ether oxygens (including phenoxy) is 1. The van der Waals surface area contributed by atoms with E-state index >= 15 is 0 Å². The highest BCUT2D eigenvalue weighted by Crippen LogP contribution is 2.41. The monoisotopic (exact) mass is 194 g/mol. The maximum Gasteiger partial charge on any atom is 0.343 e. The Hall–Kier alpha value is -1.71. The lowest BCUT2D eigenvalue weighted by atomic mass is 10.0. The number of phenols is 2. The van der Waals surface area contributed by atoms with Gasteiger partial charge in [0, 0.05) is 5.56 Å². The van der Waals surface area contributed by atoms with E-state index in [9.17, 15) is 15.0 Å². The summed E-state index contributed by atoms with van der Waals surface area (Å²) in [4.78, 5) is 11.3. The molecule has 0 spiro atoms. The van der Waals surface area contributed by atoms with Crippen molar-refractivity contribution in [2.45, 2.75) is 19.4 Å². The van der Waals surface area contributed by atoms with Crippen LogP contribution >= 0.6 is 0 Å². The summed E-state index contributed by atoms with van der Waals surface area (Å²) in [7, 11) is 0. The molecule has 1 aromatic rings. The van der Waals surface area contributed by atoms with Gasteiger partial charge in [-0.2, -0.15) is 0 Å². The normalized spacial score (nSPS) is 19.2. The zero-order valence-electron chi connectivity index (χ0n) is 7.65. The minimum atomic E-state index is -0.569. The van der Waals surface area contributed by atoms with Crippen LogP contribution < -0.4 is 0 Å². The number of carbonyl (C=O) groups excluding carboxylic acids is 1. The van der Waals surface area contributed by atoms with Crippen molar-refractivity contribution < 1.29 is 19.7 Å². The highest BCUT2D eigenvalue weighted by molar-refractivity contribution is 5.97. The summed E-state index contributed by atoms with van der Waals surface area (Å²) in [5, 5.41) is 18.7. The molecular weight excluding hydrogens is 184 g/mol. The van der Waals surface area contributed by atoms with E-state index in [-0.39, 0.29) is 23.2 Å². The molecule has 0 fully saturated rings. The number of benzene rings is 1. The Balaban J connectivity index is 2.62. The molecule has 1 aliphatic heterocycles. The van der Waals surface area contributed by atoms with Crippen molar-refractivity contribution >= 4 is 5.97 Å². The Kier molecular flexibility index (Phi) is 1.84. The Morgan fingerprint density at radius 1 is 1.43 bits per heavy atom. The summed E-state index contributed by atoms with van der Waals surface area (Å²) >= 11 is 0. The molecule has 4 heteroatoms. The van der Waals surface area contributed by atoms with Crippen LogP contribution in [0.15, 0.2) is 12.1 Å². The zero-order valence-corrected chi connectivity index (χ0v) is 7.65. The van der Waals surface area contributed by atoms with Crippen LogP contribution in [0.5, 0.6) is 11.5 Å². The van der Waals surface area contributed by atoms with E-state index in [4.69, 9.17) is 4.74 Å². The fourth-order valence-electron chi connectivity index (χ4n) is 1.63. The van der Waals surface area contributed by atoms with Gasteiger partial charge in [-0.05, 0) is 12.5 Å². The van der Waals surface area contributed by atoms with Gasteiger partial charge in [0.15, 0.2) is 11.5 Å². The molecule has 0 bridgehead atoms. The number of phenolic OH excluding ortho intramolecular Hbond substituents is 2. The third-order valence-corrected chi connectivity index (χ3v) is 2.36. The van der Waals surface area contributed by atoms with Crippen molar-refractivity contribution in [2.75, 3.05) is 0 Å². The lowest BCUT2D eigenvalue weighted by molar-refractivity contribution is 0.0377. The van der Waals surface area contributed by atoms with Crippen molar-refractivity contribution in [3.05, 3.63) is 23.3 Å². The smallest absolute Gasteiger partial charge is 0.343 e. The average molecular weight is 194 g/mol. The molecule has 0 aliphatic carbocycles. The van der Waals surface area contributed by atoms with E-state index in [2.05, 4.69) is 0 Å². The van der Waals surface area contributed by atoms with Gasteiger partial charge in [-0.25, -0.2) is 4.79 Å². The van der Waals surface area contributed by atoms with Gasteiger partial charge in [-0.1, -0.05) is 13.0 Å². The molecule has 0 saturated carbocycles. The fraction of sp³-hybridized carbons (Fsp3) is 0.300. The Morgan fingerprint density at radius 2 is 2.14 bits per heavy atom. The molecule has 14 heavy (non-hydrogen) atoms. The van der Waals surface area contributed by atoms with Gasteiger partial charge in [0.2, 0.25) is 0 Å². The quantitative estimate of drug-likeness (QED) is 0.527. The van der Waals surface area contributed by atoms with Crippen molar-refractivity contribution in [3.63, 3.8) is 0 Å². The summed E-state index contributed by atoms with van der Waals surface area (Å²) < 4.78 is 5.01. The Bertz CT molecular complexity index is 397. The summed E-state index contributed by atoms with van der Waals surface area (Å²) in [6.07, 6.45) is 0.354. The molecule has 0 aromatic heterocycles. The van der Waals surface area contributed by atoms with Crippen LogP contribution in [0.2, 0.25) is 0 Å². The van der Waals surface area contributed by atoms with E-state index in [0.717, 1.165) is 0 Å². The standard InChI is InChI=1S/C10H10O4/c1-2-7-5-3-4-6(11)9(12)8(5)10(13)14-7/h3-4,7,11-12H,2H2,1H3. The molecule has 0 amide bonds. The molecule has 74 valence electrons. The summed E-state index contributed by atoms with van der Waals surface area (Å²) in [6.45, 7) is 1.89. The Morgan fingerprint density at radius 3 is 2.79 bits per heavy atom. The van der Waals surface area contributed by atoms with Gasteiger partial charge in [0.05, 0.1) is 0 Å². The van der Waals surface area contributed by atoms with E-state index in [1.165, 1.54) is 6.07 Å². The summed E-state index contributed by atoms with van der Waals surface area (Å²) in [5.74, 6) is -1.25. The van der Waals surface area contributed by atoms with Crippen molar-refractivity contribution in [1.29, 1.82) is 0 Å². The van der Waals surface area contributed by atoms with Gasteiger partial charge in [-0.15, -0.1) is 0 Å². The van der Waals surface area contributed by atoms with Crippen LogP contribution in [0, 0.1) is 0 Å². The number of fused-ring (bicyclic) bond motifs is 1. The lowest BCUT2D eigenvalue weighted by Gasteiger charge is -2.06. The minimum absolute atomic E-state index is 0.0943. The first kappa shape index (κ1) is 8.87. The predicted molar refractivity (Wildman–Crippen MR) is 48.2 cm³/mol. The van der Waals surface area contributed by atoms with E-state index in [1.54, 1.807) is 6.07 Å². The molecule has 2 rings (SSSR count). The lowest BCUT2D eigenvalue weighted by Crippen LogP contribution is -1.96. The minimum Gasteiger partial charge on any atom is -0.504 e. The summed E-state index contributed by atoms with van der Waals surface area (Å²) in [5.41, 5.74) is 0.740. The van der Waals surface area contributed by atoms with Gasteiger partial charge < -0.3 is 14.9 Å². The molecule has 0 radical (unpaired) electrons. The maximum absolute atomic E-state index is 11.3. The molecule has 1 aromatic carbocycles. The summed E-state index contributed by atoms with van der Waals surface area (Å²) in [6, 6.07) is 2.96. The molecule has 1 heterocycles. The molecule has 1 aliphatic rings. The first-order chi connectivity index (χ1) is 6.65. The van der Waals surface area contributed by atoms with Gasteiger partial charge in [-0.3, -0.25) is 0 Å². The number of esters is 1. The fourth-order valence-corrected chi connectivity index (χ4v) is 1.63. The topological polar surface area (TPSA) is 66.8 Å². The maximum atomic E-state index is 11.3. The third-order valence-electron chi connectivity index (χ3n) is 2.36. The van der Waals surface area contributed by atoms with Crippen LogP contribution in [-0.2, 0) is 4.74 Å². The highest BCUT2D eigenvalue weighted by Gasteiger charge is 2.33. The van der Waals surface area contributed by atoms with Crippen molar-refractivity contribution in [3.8, 4) is 11.5 Å². The van der Waals surface area contributed by atoms with Crippen molar-refractivity contribution in [2.24, 2.45) is 0 Å². The third kappa shape index (κ3) is 1.04. The van der Waals surface area contributed by atoms with Crippen LogP contribution in [0.1, 0.15) is 35.4 Å². The van der Waals surface area contributed by atoms with Crippen molar-refractivity contribution in [1.82, 2.24) is 0 Å². The number of cyclic esters (lactones) is 1. The van der Waals surface area contributed by atoms with E-state index in [1.807, 2.05) is 6.92 Å². The number of hydrogen-bond acceptors (Lipinski definition) is 4. The zero-order chi connectivity index (χ0) is 10.3. The van der Waals surface area contributed by atoms with Crippen LogP contribution in [0.4, 0.5) is 0 Å². The molecule has 0 saturated heterocycles. The SMILES string of the molecule is CCC1OC(=O)c2c1ccc(O)c2O. The number of hydrogen-bond donors (Lipinski definition) is 2. The number of rotatable bonds is 1. The van der Waals surface area contributed by atoms with Gasteiger partial charge >= 0.3 is 5.97 Å². The number of aromatic hydroxyl groups is 2. The molecule has 2 N–H and O–H groups in total. The first-order valence-corrected chi connectivity index (χ1v) is 4.41. The molecular formula is C10H10O4. The predicted octanol–water partition coefficient (Wildman–Crippen LogP) is 1.72.